The Labute approximate surface area is 99.0 Å². The zero-order chi connectivity index (χ0) is 12.9. The maximum atomic E-state index is 11.2. The zero-order valence-electron chi connectivity index (χ0n) is 9.21. The van der Waals surface area contributed by atoms with Gasteiger partial charge in [0, 0.05) is 18.4 Å². The minimum Gasteiger partial charge on any atom is -0.464 e. The third-order valence-electron chi connectivity index (χ3n) is 1.87. The number of esters is 1. The SMILES string of the molecule is COC(=O)c1cc(NCCS(N)(=O)=O)ccn1. The number of hydrogen-bond acceptors (Lipinski definition) is 6. The molecular weight excluding hydrogens is 246 g/mol. The van der Waals surface area contributed by atoms with Crippen LogP contribution in [0, 0.1) is 0 Å². The number of primary sulfonamides is 1. The van der Waals surface area contributed by atoms with E-state index in [-0.39, 0.29) is 18.0 Å². The first-order valence-corrected chi connectivity index (χ1v) is 6.42. The molecule has 17 heavy (non-hydrogen) atoms. The first-order valence-electron chi connectivity index (χ1n) is 4.71. The van der Waals surface area contributed by atoms with E-state index in [1.54, 1.807) is 6.07 Å². The fourth-order valence-electron chi connectivity index (χ4n) is 1.09. The number of aromatic nitrogens is 1. The minimum atomic E-state index is -3.50. The van der Waals surface area contributed by atoms with Crippen LogP contribution in [-0.4, -0.2) is 38.8 Å². The molecule has 0 saturated carbocycles. The van der Waals surface area contributed by atoms with Crippen molar-refractivity contribution in [3.63, 3.8) is 0 Å². The number of carbonyl (C=O) groups is 1. The predicted molar refractivity (Wildman–Crippen MR) is 62.0 cm³/mol. The molecule has 1 aromatic heterocycles. The highest BCUT2D eigenvalue weighted by Gasteiger charge is 2.07. The average Bonchev–Trinajstić information content (AvgIpc) is 2.27. The summed E-state index contributed by atoms with van der Waals surface area (Å²) >= 11 is 0. The van der Waals surface area contributed by atoms with Crippen molar-refractivity contribution in [2.24, 2.45) is 5.14 Å². The van der Waals surface area contributed by atoms with Crippen molar-refractivity contribution in [3.05, 3.63) is 24.0 Å². The number of sulfonamides is 1. The van der Waals surface area contributed by atoms with Gasteiger partial charge in [0.25, 0.3) is 0 Å². The van der Waals surface area contributed by atoms with Gasteiger partial charge >= 0.3 is 5.97 Å². The fourth-order valence-corrected chi connectivity index (χ4v) is 1.48. The molecule has 0 amide bonds. The molecule has 1 aromatic rings. The van der Waals surface area contributed by atoms with Crippen molar-refractivity contribution in [3.8, 4) is 0 Å². The quantitative estimate of drug-likeness (QED) is 0.694. The molecule has 0 radical (unpaired) electrons. The topological polar surface area (TPSA) is 111 Å². The van der Waals surface area contributed by atoms with E-state index < -0.39 is 16.0 Å². The third kappa shape index (κ3) is 4.79. The molecule has 0 atom stereocenters. The van der Waals surface area contributed by atoms with E-state index in [2.05, 4.69) is 15.0 Å². The van der Waals surface area contributed by atoms with E-state index in [1.165, 1.54) is 19.4 Å². The predicted octanol–water partition coefficient (Wildman–Crippen LogP) is -0.431. The summed E-state index contributed by atoms with van der Waals surface area (Å²) in [6, 6.07) is 3.07. The summed E-state index contributed by atoms with van der Waals surface area (Å²) in [4.78, 5) is 15.0. The van der Waals surface area contributed by atoms with Crippen LogP contribution in [0.2, 0.25) is 0 Å². The maximum Gasteiger partial charge on any atom is 0.356 e. The van der Waals surface area contributed by atoms with Crippen LogP contribution in [0.4, 0.5) is 5.69 Å². The van der Waals surface area contributed by atoms with Gasteiger partial charge in [0.2, 0.25) is 10.0 Å². The maximum absolute atomic E-state index is 11.2. The molecule has 1 heterocycles. The lowest BCUT2D eigenvalue weighted by Gasteiger charge is -2.06. The van der Waals surface area contributed by atoms with Gasteiger partial charge in [-0.15, -0.1) is 0 Å². The van der Waals surface area contributed by atoms with Gasteiger partial charge in [-0.3, -0.25) is 0 Å². The van der Waals surface area contributed by atoms with Gasteiger partial charge in [0.15, 0.2) is 0 Å². The molecule has 0 saturated heterocycles. The summed E-state index contributed by atoms with van der Waals surface area (Å²) in [7, 11) is -2.24. The molecule has 0 aliphatic rings. The van der Waals surface area contributed by atoms with Gasteiger partial charge in [0.1, 0.15) is 5.69 Å². The summed E-state index contributed by atoms with van der Waals surface area (Å²) in [6.07, 6.45) is 1.42. The number of rotatable bonds is 5. The second-order valence-electron chi connectivity index (χ2n) is 3.22. The minimum absolute atomic E-state index is 0.146. The van der Waals surface area contributed by atoms with Gasteiger partial charge in [-0.05, 0) is 12.1 Å². The number of nitrogens with two attached hydrogens (primary N) is 1. The smallest absolute Gasteiger partial charge is 0.356 e. The molecule has 0 fully saturated rings. The third-order valence-corrected chi connectivity index (χ3v) is 2.64. The highest BCUT2D eigenvalue weighted by Crippen LogP contribution is 2.08. The highest BCUT2D eigenvalue weighted by atomic mass is 32.2. The number of hydrogen-bond donors (Lipinski definition) is 2. The molecular formula is C9H13N3O4S. The lowest BCUT2D eigenvalue weighted by Crippen LogP contribution is -2.22. The lowest BCUT2D eigenvalue weighted by molar-refractivity contribution is 0.0594. The molecule has 94 valence electrons. The number of methoxy groups -OCH3 is 1. The summed E-state index contributed by atoms with van der Waals surface area (Å²) < 4.78 is 25.9. The number of nitrogens with one attached hydrogen (secondary N) is 1. The number of anilines is 1. The second-order valence-corrected chi connectivity index (χ2v) is 4.95. The van der Waals surface area contributed by atoms with Crippen LogP contribution >= 0.6 is 0 Å². The molecule has 8 heteroatoms. The van der Waals surface area contributed by atoms with Crippen LogP contribution in [-0.2, 0) is 14.8 Å². The number of nitrogens with zero attached hydrogens (tertiary/aromatic N) is 1. The summed E-state index contributed by atoms with van der Waals surface area (Å²) in [5, 5.41) is 7.66. The van der Waals surface area contributed by atoms with Crippen molar-refractivity contribution < 1.29 is 17.9 Å². The summed E-state index contributed by atoms with van der Waals surface area (Å²) in [5.74, 6) is -0.747. The van der Waals surface area contributed by atoms with Crippen molar-refractivity contribution in [2.75, 3.05) is 24.7 Å². The number of carbonyl (C=O) groups excluding carboxylic acids is 1. The van der Waals surface area contributed by atoms with Gasteiger partial charge in [-0.2, -0.15) is 0 Å². The molecule has 0 aromatic carbocycles. The summed E-state index contributed by atoms with van der Waals surface area (Å²) in [5.41, 5.74) is 0.720. The molecule has 7 nitrogen and oxygen atoms in total. The Morgan fingerprint density at radius 3 is 2.88 bits per heavy atom. The van der Waals surface area contributed by atoms with E-state index in [0.29, 0.717) is 5.69 Å². The van der Waals surface area contributed by atoms with Crippen molar-refractivity contribution in [1.29, 1.82) is 0 Å². The standard InChI is InChI=1S/C9H13N3O4S/c1-16-9(13)8-6-7(2-3-12-8)11-4-5-17(10,14)15/h2-3,6H,4-5H2,1H3,(H,11,12)(H2,10,14,15). The van der Waals surface area contributed by atoms with E-state index >= 15 is 0 Å². The van der Waals surface area contributed by atoms with E-state index in [0.717, 1.165) is 0 Å². The Morgan fingerprint density at radius 2 is 2.29 bits per heavy atom. The van der Waals surface area contributed by atoms with Crippen LogP contribution in [0.25, 0.3) is 0 Å². The van der Waals surface area contributed by atoms with Gasteiger partial charge in [-0.25, -0.2) is 23.3 Å². The van der Waals surface area contributed by atoms with Crippen LogP contribution < -0.4 is 10.5 Å². The van der Waals surface area contributed by atoms with Gasteiger partial charge in [-0.1, -0.05) is 0 Å². The first kappa shape index (κ1) is 13.4. The Bertz CT molecular complexity index is 501. The zero-order valence-corrected chi connectivity index (χ0v) is 10.0. The highest BCUT2D eigenvalue weighted by molar-refractivity contribution is 7.89. The molecule has 0 aliphatic heterocycles. The van der Waals surface area contributed by atoms with E-state index in [1.807, 2.05) is 0 Å². The van der Waals surface area contributed by atoms with Crippen molar-refractivity contribution in [1.82, 2.24) is 4.98 Å². The Morgan fingerprint density at radius 1 is 1.59 bits per heavy atom. The fraction of sp³-hybridized carbons (Fsp3) is 0.333. The largest absolute Gasteiger partial charge is 0.464 e. The summed E-state index contributed by atoms with van der Waals surface area (Å²) in [6.45, 7) is 0.156. The molecule has 3 N–H and O–H groups in total. The number of ether oxygens (including phenoxy) is 1. The Kier molecular flexibility index (Phi) is 4.41. The average molecular weight is 259 g/mol. The molecule has 0 unspecified atom stereocenters. The van der Waals surface area contributed by atoms with Crippen LogP contribution in [0.1, 0.15) is 10.5 Å². The normalized spacial score (nSPS) is 10.9. The molecule has 0 aliphatic carbocycles. The lowest BCUT2D eigenvalue weighted by atomic mass is 10.3. The molecule has 1 rings (SSSR count). The van der Waals surface area contributed by atoms with Gasteiger partial charge in [0.05, 0.1) is 12.9 Å². The van der Waals surface area contributed by atoms with Crippen LogP contribution in [0.5, 0.6) is 0 Å². The Balaban J connectivity index is 2.63. The number of pyridine rings is 1. The molecule has 0 bridgehead atoms. The monoisotopic (exact) mass is 259 g/mol. The van der Waals surface area contributed by atoms with Crippen LogP contribution in [0.15, 0.2) is 18.3 Å². The first-order chi connectivity index (χ1) is 7.92. The Hall–Kier alpha value is -1.67. The van der Waals surface area contributed by atoms with E-state index in [4.69, 9.17) is 5.14 Å². The van der Waals surface area contributed by atoms with E-state index in [9.17, 15) is 13.2 Å². The van der Waals surface area contributed by atoms with Gasteiger partial charge < -0.3 is 10.1 Å². The van der Waals surface area contributed by atoms with Crippen LogP contribution in [0.3, 0.4) is 0 Å². The van der Waals surface area contributed by atoms with Crippen molar-refractivity contribution >= 4 is 21.7 Å². The molecule has 0 spiro atoms. The second kappa shape index (κ2) is 5.60. The van der Waals surface area contributed by atoms with Crippen molar-refractivity contribution in [2.45, 2.75) is 0 Å².